The lowest BCUT2D eigenvalue weighted by atomic mass is 10.1. The predicted molar refractivity (Wildman–Crippen MR) is 124 cm³/mol. The van der Waals surface area contributed by atoms with Crippen LogP contribution in [-0.2, 0) is 13.1 Å². The summed E-state index contributed by atoms with van der Waals surface area (Å²) in [6, 6.07) is 11.1. The van der Waals surface area contributed by atoms with Gasteiger partial charge in [-0.1, -0.05) is 23.9 Å². The molecule has 2 amide bonds. The summed E-state index contributed by atoms with van der Waals surface area (Å²) in [7, 11) is 3.08. The van der Waals surface area contributed by atoms with E-state index in [0.717, 1.165) is 5.56 Å². The van der Waals surface area contributed by atoms with Crippen molar-refractivity contribution in [2.45, 2.75) is 18.2 Å². The van der Waals surface area contributed by atoms with E-state index >= 15 is 0 Å². The van der Waals surface area contributed by atoms with Gasteiger partial charge < -0.3 is 9.47 Å². The molecule has 1 aliphatic rings. The molecule has 3 aromatic rings. The molecule has 11 heteroatoms. The number of nitrogens with zero attached hydrogens (tertiary/aromatic N) is 5. The van der Waals surface area contributed by atoms with Crippen molar-refractivity contribution in [2.24, 2.45) is 0 Å². The Morgan fingerprint density at radius 1 is 1.15 bits per heavy atom. The average molecular weight is 468 g/mol. The third-order valence-electron chi connectivity index (χ3n) is 5.16. The monoisotopic (exact) mass is 467 g/mol. The Kier molecular flexibility index (Phi) is 6.31. The van der Waals surface area contributed by atoms with E-state index in [9.17, 15) is 14.9 Å². The van der Waals surface area contributed by atoms with Crippen LogP contribution in [-0.4, -0.2) is 41.4 Å². The number of fused-ring (bicyclic) bond motifs is 1. The Balaban J connectivity index is 1.78. The van der Waals surface area contributed by atoms with Crippen molar-refractivity contribution in [3.8, 4) is 11.5 Å². The standard InChI is InChI=1S/C22H21N5O5S/c1-31-18-8-17(9-19(10-18)32-2)25-13-15-11-23-21(33-3)24-20(15)26(22(25)28)12-14-5-4-6-16(7-14)27(29)30/h4-11H,12-13H2,1-3H3. The fourth-order valence-corrected chi connectivity index (χ4v) is 3.88. The molecule has 0 N–H and O–H groups in total. The molecule has 0 atom stereocenters. The Morgan fingerprint density at radius 3 is 2.52 bits per heavy atom. The number of amides is 2. The first-order chi connectivity index (χ1) is 15.9. The number of carbonyl (C=O) groups is 1. The third kappa shape index (κ3) is 4.53. The number of non-ortho nitro benzene ring substituents is 1. The number of carbonyl (C=O) groups excluding carboxylic acids is 1. The lowest BCUT2D eigenvalue weighted by Crippen LogP contribution is -2.47. The van der Waals surface area contributed by atoms with Gasteiger partial charge in [0.1, 0.15) is 17.3 Å². The van der Waals surface area contributed by atoms with Crippen LogP contribution in [0.4, 0.5) is 22.0 Å². The minimum absolute atomic E-state index is 0.0425. The number of rotatable bonds is 7. The highest BCUT2D eigenvalue weighted by atomic mass is 32.2. The van der Waals surface area contributed by atoms with Gasteiger partial charge in [-0.15, -0.1) is 0 Å². The summed E-state index contributed by atoms with van der Waals surface area (Å²) < 4.78 is 10.7. The smallest absolute Gasteiger partial charge is 0.330 e. The zero-order valence-corrected chi connectivity index (χ0v) is 19.0. The average Bonchev–Trinajstić information content (AvgIpc) is 2.85. The Labute approximate surface area is 194 Å². The van der Waals surface area contributed by atoms with Crippen molar-refractivity contribution < 1.29 is 19.2 Å². The zero-order chi connectivity index (χ0) is 23.5. The van der Waals surface area contributed by atoms with Crippen molar-refractivity contribution in [3.63, 3.8) is 0 Å². The number of hydrogen-bond acceptors (Lipinski definition) is 8. The Hall–Kier alpha value is -3.86. The maximum atomic E-state index is 13.7. The van der Waals surface area contributed by atoms with Crippen molar-refractivity contribution in [2.75, 3.05) is 30.3 Å². The lowest BCUT2D eigenvalue weighted by Gasteiger charge is -2.36. The van der Waals surface area contributed by atoms with Gasteiger partial charge in [0.25, 0.3) is 5.69 Å². The van der Waals surface area contributed by atoms with Gasteiger partial charge in [0.15, 0.2) is 5.16 Å². The number of nitro benzene ring substituents is 1. The van der Waals surface area contributed by atoms with E-state index < -0.39 is 4.92 Å². The molecule has 0 radical (unpaired) electrons. The molecule has 33 heavy (non-hydrogen) atoms. The Morgan fingerprint density at radius 2 is 1.88 bits per heavy atom. The van der Waals surface area contributed by atoms with E-state index in [2.05, 4.69) is 9.97 Å². The SMILES string of the molecule is COc1cc(OC)cc(N2Cc3cnc(SC)nc3N(Cc3cccc([N+](=O)[O-])c3)C2=O)c1. The summed E-state index contributed by atoms with van der Waals surface area (Å²) in [5.74, 6) is 1.57. The van der Waals surface area contributed by atoms with Crippen LogP contribution in [0.25, 0.3) is 0 Å². The van der Waals surface area contributed by atoms with Gasteiger partial charge in [-0.05, 0) is 11.8 Å². The number of benzene rings is 2. The predicted octanol–water partition coefficient (Wildman–Crippen LogP) is 4.27. The van der Waals surface area contributed by atoms with E-state index in [0.29, 0.717) is 33.7 Å². The third-order valence-corrected chi connectivity index (χ3v) is 5.72. The van der Waals surface area contributed by atoms with Crippen molar-refractivity contribution in [1.29, 1.82) is 0 Å². The van der Waals surface area contributed by atoms with Crippen LogP contribution in [0.1, 0.15) is 11.1 Å². The van der Waals surface area contributed by atoms with E-state index in [-0.39, 0.29) is 24.8 Å². The minimum Gasteiger partial charge on any atom is -0.497 e. The fraction of sp³-hybridized carbons (Fsp3) is 0.227. The normalized spacial score (nSPS) is 13.0. The van der Waals surface area contributed by atoms with Gasteiger partial charge in [0.2, 0.25) is 0 Å². The minimum atomic E-state index is -0.460. The Bertz CT molecular complexity index is 1200. The van der Waals surface area contributed by atoms with Gasteiger partial charge >= 0.3 is 6.03 Å². The quantitative estimate of drug-likeness (QED) is 0.219. The van der Waals surface area contributed by atoms with Gasteiger partial charge in [-0.25, -0.2) is 14.8 Å². The molecule has 0 saturated heterocycles. The van der Waals surface area contributed by atoms with Crippen LogP contribution in [0.3, 0.4) is 0 Å². The van der Waals surface area contributed by atoms with Gasteiger partial charge in [0, 0.05) is 42.1 Å². The van der Waals surface area contributed by atoms with E-state index in [1.54, 1.807) is 41.4 Å². The second-order valence-corrected chi connectivity index (χ2v) is 7.93. The number of nitro groups is 1. The molecular weight excluding hydrogens is 446 g/mol. The highest BCUT2D eigenvalue weighted by Gasteiger charge is 2.34. The van der Waals surface area contributed by atoms with Crippen LogP contribution < -0.4 is 19.3 Å². The number of urea groups is 1. The molecule has 10 nitrogen and oxygen atoms in total. The maximum absolute atomic E-state index is 13.7. The van der Waals surface area contributed by atoms with Crippen LogP contribution in [0, 0.1) is 10.1 Å². The largest absolute Gasteiger partial charge is 0.497 e. The second kappa shape index (κ2) is 9.33. The van der Waals surface area contributed by atoms with Crippen LogP contribution in [0.15, 0.2) is 53.8 Å². The number of hydrogen-bond donors (Lipinski definition) is 0. The fourth-order valence-electron chi connectivity index (χ4n) is 3.54. The zero-order valence-electron chi connectivity index (χ0n) is 18.2. The van der Waals surface area contributed by atoms with Crippen LogP contribution >= 0.6 is 11.8 Å². The molecule has 1 aliphatic heterocycles. The molecule has 4 rings (SSSR count). The summed E-state index contributed by atoms with van der Waals surface area (Å²) >= 11 is 1.37. The number of aromatic nitrogens is 2. The number of methoxy groups -OCH3 is 2. The molecule has 1 aromatic heterocycles. The first-order valence-corrected chi connectivity index (χ1v) is 11.1. The number of ether oxygens (including phenoxy) is 2. The molecule has 2 heterocycles. The maximum Gasteiger partial charge on any atom is 0.330 e. The summed E-state index contributed by atoms with van der Waals surface area (Å²) in [5.41, 5.74) is 1.90. The number of anilines is 2. The molecule has 0 aliphatic carbocycles. The summed E-state index contributed by atoms with van der Waals surface area (Å²) in [6.07, 6.45) is 3.55. The highest BCUT2D eigenvalue weighted by Crippen LogP contribution is 2.35. The molecule has 170 valence electrons. The molecule has 0 unspecified atom stereocenters. The van der Waals surface area contributed by atoms with Crippen LogP contribution in [0.2, 0.25) is 0 Å². The molecule has 0 spiro atoms. The highest BCUT2D eigenvalue weighted by molar-refractivity contribution is 7.98. The van der Waals surface area contributed by atoms with Gasteiger partial charge in [0.05, 0.1) is 37.9 Å². The molecule has 0 bridgehead atoms. The summed E-state index contributed by atoms with van der Waals surface area (Å²) in [5, 5.41) is 11.7. The van der Waals surface area contributed by atoms with Crippen LogP contribution in [0.5, 0.6) is 11.5 Å². The lowest BCUT2D eigenvalue weighted by molar-refractivity contribution is -0.384. The van der Waals surface area contributed by atoms with E-state index in [1.807, 2.05) is 6.26 Å². The molecule has 0 saturated carbocycles. The molecule has 0 fully saturated rings. The van der Waals surface area contributed by atoms with E-state index in [4.69, 9.17) is 9.47 Å². The topological polar surface area (TPSA) is 111 Å². The van der Waals surface area contributed by atoms with Crippen molar-refractivity contribution >= 4 is 35.0 Å². The second-order valence-electron chi connectivity index (χ2n) is 7.16. The van der Waals surface area contributed by atoms with E-state index in [1.165, 1.54) is 43.0 Å². The first-order valence-electron chi connectivity index (χ1n) is 9.89. The molecule has 2 aromatic carbocycles. The summed E-state index contributed by atoms with van der Waals surface area (Å²) in [4.78, 5) is 36.4. The number of thioether (sulfide) groups is 1. The first kappa shape index (κ1) is 22.3. The molecular formula is C22H21N5O5S. The summed E-state index contributed by atoms with van der Waals surface area (Å²) in [6.45, 7) is 0.362. The van der Waals surface area contributed by atoms with Crippen molar-refractivity contribution in [3.05, 3.63) is 69.9 Å². The van der Waals surface area contributed by atoms with Gasteiger partial charge in [-0.2, -0.15) is 0 Å². The van der Waals surface area contributed by atoms with Gasteiger partial charge in [-0.3, -0.25) is 19.9 Å². The van der Waals surface area contributed by atoms with Crippen molar-refractivity contribution in [1.82, 2.24) is 9.97 Å².